The molecule has 31 heavy (non-hydrogen) atoms. The number of carbonyl (C=O) groups is 1. The van der Waals surface area contributed by atoms with E-state index in [9.17, 15) is 26.0 Å². The lowest BCUT2D eigenvalue weighted by Crippen LogP contribution is -2.36. The quantitative estimate of drug-likeness (QED) is 0.675. The average molecular weight is 470 g/mol. The molecule has 0 aliphatic carbocycles. The first kappa shape index (κ1) is 23.3. The Labute approximate surface area is 181 Å². The van der Waals surface area contributed by atoms with Crippen molar-refractivity contribution in [1.29, 1.82) is 0 Å². The number of carbonyl (C=O) groups excluding carboxylic acids is 1. The van der Waals surface area contributed by atoms with Gasteiger partial charge in [-0.15, -0.1) is 0 Å². The number of anilines is 1. The van der Waals surface area contributed by atoms with Crippen molar-refractivity contribution in [3.05, 3.63) is 53.3 Å². The number of rotatable bonds is 6. The number of nitrogens with one attached hydrogen (secondary N) is 2. The third-order valence-corrected chi connectivity index (χ3v) is 8.59. The molecule has 0 unspecified atom stereocenters. The van der Waals surface area contributed by atoms with Crippen LogP contribution in [0.2, 0.25) is 0 Å². The van der Waals surface area contributed by atoms with Crippen molar-refractivity contribution in [1.82, 2.24) is 9.03 Å². The Balaban J connectivity index is 1.91. The van der Waals surface area contributed by atoms with Gasteiger partial charge < -0.3 is 5.32 Å². The van der Waals surface area contributed by atoms with Gasteiger partial charge in [0.05, 0.1) is 15.4 Å². The molecule has 0 bridgehead atoms. The second-order valence-electron chi connectivity index (χ2n) is 7.25. The summed E-state index contributed by atoms with van der Waals surface area (Å²) >= 11 is 0. The van der Waals surface area contributed by atoms with Crippen molar-refractivity contribution < 1.29 is 26.0 Å². The fourth-order valence-corrected chi connectivity index (χ4v) is 5.89. The van der Waals surface area contributed by atoms with Gasteiger partial charge in [-0.1, -0.05) is 12.5 Å². The lowest BCUT2D eigenvalue weighted by Gasteiger charge is -2.26. The highest BCUT2D eigenvalue weighted by molar-refractivity contribution is 7.89. The minimum Gasteiger partial charge on any atom is -0.322 e. The molecular weight excluding hydrogens is 445 g/mol. The van der Waals surface area contributed by atoms with E-state index in [0.29, 0.717) is 18.7 Å². The van der Waals surface area contributed by atoms with Crippen molar-refractivity contribution in [2.75, 3.05) is 25.5 Å². The number of amides is 1. The predicted molar refractivity (Wildman–Crippen MR) is 114 cm³/mol. The van der Waals surface area contributed by atoms with E-state index in [1.54, 1.807) is 13.0 Å². The maximum Gasteiger partial charge on any atom is 0.258 e. The molecule has 0 saturated carbocycles. The highest BCUT2D eigenvalue weighted by Crippen LogP contribution is 2.26. The molecule has 1 amide bonds. The highest BCUT2D eigenvalue weighted by atomic mass is 32.2. The van der Waals surface area contributed by atoms with Gasteiger partial charge in [0, 0.05) is 18.8 Å². The maximum absolute atomic E-state index is 14.2. The lowest BCUT2D eigenvalue weighted by atomic mass is 10.2. The molecule has 2 N–H and O–H groups in total. The summed E-state index contributed by atoms with van der Waals surface area (Å²) in [6, 6.07) is 7.27. The zero-order valence-corrected chi connectivity index (χ0v) is 18.8. The lowest BCUT2D eigenvalue weighted by molar-refractivity contribution is 0.102. The summed E-state index contributed by atoms with van der Waals surface area (Å²) in [5.41, 5.74) is 0.210. The molecule has 0 spiro atoms. The number of hydrogen-bond donors (Lipinski definition) is 2. The van der Waals surface area contributed by atoms with Crippen LogP contribution in [0.3, 0.4) is 0 Å². The molecular formula is C20H24FN3O5S2. The SMILES string of the molecule is CNS(=O)(=O)c1ccc(F)c(C(=O)Nc2ccc(C)c(S(=O)(=O)N3CCCCC3)c2)c1. The smallest absolute Gasteiger partial charge is 0.258 e. The molecule has 1 heterocycles. The van der Waals surface area contributed by atoms with Crippen molar-refractivity contribution in [3.8, 4) is 0 Å². The van der Waals surface area contributed by atoms with Crippen molar-refractivity contribution in [3.63, 3.8) is 0 Å². The molecule has 1 aliphatic heterocycles. The largest absolute Gasteiger partial charge is 0.322 e. The predicted octanol–water partition coefficient (Wildman–Crippen LogP) is 2.47. The van der Waals surface area contributed by atoms with Gasteiger partial charge in [0.15, 0.2) is 0 Å². The molecule has 2 aromatic rings. The van der Waals surface area contributed by atoms with Gasteiger partial charge in [-0.3, -0.25) is 4.79 Å². The van der Waals surface area contributed by atoms with Gasteiger partial charge in [-0.25, -0.2) is 25.9 Å². The Morgan fingerprint density at radius 1 is 1.00 bits per heavy atom. The molecule has 1 fully saturated rings. The van der Waals surface area contributed by atoms with Crippen LogP contribution in [-0.4, -0.2) is 47.2 Å². The summed E-state index contributed by atoms with van der Waals surface area (Å²) in [6.45, 7) is 2.54. The molecule has 11 heteroatoms. The summed E-state index contributed by atoms with van der Waals surface area (Å²) in [5.74, 6) is -1.79. The van der Waals surface area contributed by atoms with Crippen LogP contribution in [0.15, 0.2) is 46.2 Å². The van der Waals surface area contributed by atoms with Crippen molar-refractivity contribution in [2.24, 2.45) is 0 Å². The van der Waals surface area contributed by atoms with Gasteiger partial charge in [-0.2, -0.15) is 4.31 Å². The van der Waals surface area contributed by atoms with E-state index in [4.69, 9.17) is 0 Å². The van der Waals surface area contributed by atoms with Gasteiger partial charge in [0.25, 0.3) is 5.91 Å². The number of halogens is 1. The normalized spacial score (nSPS) is 15.6. The average Bonchev–Trinajstić information content (AvgIpc) is 2.75. The molecule has 1 saturated heterocycles. The minimum absolute atomic E-state index is 0.0687. The van der Waals surface area contributed by atoms with Gasteiger partial charge >= 0.3 is 0 Å². The summed E-state index contributed by atoms with van der Waals surface area (Å²) < 4.78 is 67.7. The Morgan fingerprint density at radius 3 is 2.32 bits per heavy atom. The molecule has 168 valence electrons. The second-order valence-corrected chi connectivity index (χ2v) is 11.0. The third-order valence-electron chi connectivity index (χ3n) is 5.14. The Hall–Kier alpha value is -2.34. The first-order chi connectivity index (χ1) is 14.6. The monoisotopic (exact) mass is 469 g/mol. The number of hydrogen-bond acceptors (Lipinski definition) is 5. The minimum atomic E-state index is -3.87. The van der Waals surface area contributed by atoms with E-state index in [-0.39, 0.29) is 15.5 Å². The van der Waals surface area contributed by atoms with Crippen LogP contribution in [0.1, 0.15) is 35.2 Å². The molecule has 1 aliphatic rings. The van der Waals surface area contributed by atoms with Crippen LogP contribution < -0.4 is 10.0 Å². The van der Waals surface area contributed by atoms with Gasteiger partial charge in [0.1, 0.15) is 5.82 Å². The summed E-state index contributed by atoms with van der Waals surface area (Å²) in [4.78, 5) is 12.4. The van der Waals surface area contributed by atoms with Gasteiger partial charge in [-0.05, 0) is 62.7 Å². The van der Waals surface area contributed by atoms with E-state index >= 15 is 0 Å². The summed E-state index contributed by atoms with van der Waals surface area (Å²) in [6.07, 6.45) is 2.56. The van der Waals surface area contributed by atoms with E-state index in [0.717, 1.165) is 37.5 Å². The van der Waals surface area contributed by atoms with Crippen LogP contribution in [-0.2, 0) is 20.0 Å². The summed E-state index contributed by atoms with van der Waals surface area (Å²) in [7, 11) is -6.40. The maximum atomic E-state index is 14.2. The fourth-order valence-electron chi connectivity index (χ4n) is 3.36. The Bertz CT molecular complexity index is 1210. The number of piperidine rings is 1. The number of benzene rings is 2. The molecule has 0 radical (unpaired) electrons. The highest BCUT2D eigenvalue weighted by Gasteiger charge is 2.28. The number of nitrogens with zero attached hydrogens (tertiary/aromatic N) is 1. The Kier molecular flexibility index (Phi) is 6.79. The first-order valence-corrected chi connectivity index (χ1v) is 12.6. The van der Waals surface area contributed by atoms with Crippen molar-refractivity contribution >= 4 is 31.6 Å². The van der Waals surface area contributed by atoms with Crippen LogP contribution in [0, 0.1) is 12.7 Å². The van der Waals surface area contributed by atoms with Crippen LogP contribution in [0.5, 0.6) is 0 Å². The van der Waals surface area contributed by atoms with E-state index < -0.39 is 37.3 Å². The zero-order chi connectivity index (χ0) is 22.8. The first-order valence-electron chi connectivity index (χ1n) is 9.71. The summed E-state index contributed by atoms with van der Waals surface area (Å²) in [5, 5.41) is 2.46. The van der Waals surface area contributed by atoms with Crippen molar-refractivity contribution in [2.45, 2.75) is 36.0 Å². The standard InChI is InChI=1S/C20H24FN3O5S2/c1-14-6-7-15(12-19(14)31(28,29)24-10-4-3-5-11-24)23-20(25)17-13-16(8-9-18(17)21)30(26,27)22-2/h6-9,12-13,22H,3-5,10-11H2,1-2H3,(H,23,25). The third kappa shape index (κ3) is 4.95. The van der Waals surface area contributed by atoms with Gasteiger partial charge in [0.2, 0.25) is 20.0 Å². The van der Waals surface area contributed by atoms with Crippen LogP contribution >= 0.6 is 0 Å². The molecule has 0 atom stereocenters. The fraction of sp³-hybridized carbons (Fsp3) is 0.350. The second kappa shape index (κ2) is 9.03. The Morgan fingerprint density at radius 2 is 1.68 bits per heavy atom. The topological polar surface area (TPSA) is 113 Å². The van der Waals surface area contributed by atoms with E-state index in [1.165, 1.54) is 23.5 Å². The molecule has 8 nitrogen and oxygen atoms in total. The molecule has 0 aromatic heterocycles. The van der Waals surface area contributed by atoms with E-state index in [1.807, 2.05) is 0 Å². The number of sulfonamides is 2. The van der Waals surface area contributed by atoms with Crippen LogP contribution in [0.25, 0.3) is 0 Å². The van der Waals surface area contributed by atoms with E-state index in [2.05, 4.69) is 10.0 Å². The number of aryl methyl sites for hydroxylation is 1. The molecule has 3 rings (SSSR count). The van der Waals surface area contributed by atoms with Crippen LogP contribution in [0.4, 0.5) is 10.1 Å². The zero-order valence-electron chi connectivity index (χ0n) is 17.2. The molecule has 2 aromatic carbocycles.